The molecule has 1 aliphatic heterocycles. The highest BCUT2D eigenvalue weighted by atomic mass is 32.2. The molecule has 102 valence electrons. The molecule has 0 saturated carbocycles. The maximum Gasteiger partial charge on any atom is 0.279 e. The van der Waals surface area contributed by atoms with Gasteiger partial charge in [-0.15, -0.1) is 0 Å². The minimum absolute atomic E-state index is 0.287. The summed E-state index contributed by atoms with van der Waals surface area (Å²) in [5, 5.41) is 6.67. The van der Waals surface area contributed by atoms with E-state index in [1.807, 2.05) is 6.92 Å². The Kier molecular flexibility index (Phi) is 4.04. The lowest BCUT2D eigenvalue weighted by molar-refractivity contribution is 0.278. The second-order valence-electron chi connectivity index (χ2n) is 4.95. The van der Waals surface area contributed by atoms with Gasteiger partial charge in [0.2, 0.25) is 0 Å². The smallest absolute Gasteiger partial charge is 0.279 e. The molecular formula is C11H20N4O2S. The second-order valence-corrected chi connectivity index (χ2v) is 6.71. The van der Waals surface area contributed by atoms with Gasteiger partial charge in [0.05, 0.1) is 6.20 Å². The van der Waals surface area contributed by atoms with Crippen molar-refractivity contribution >= 4 is 10.2 Å². The van der Waals surface area contributed by atoms with E-state index in [1.54, 1.807) is 6.20 Å². The van der Waals surface area contributed by atoms with Gasteiger partial charge in [-0.25, -0.2) is 0 Å². The van der Waals surface area contributed by atoms with E-state index < -0.39 is 10.2 Å². The van der Waals surface area contributed by atoms with Crippen molar-refractivity contribution in [1.82, 2.24) is 19.2 Å². The molecule has 1 fully saturated rings. The van der Waals surface area contributed by atoms with Crippen molar-refractivity contribution in [2.45, 2.75) is 33.2 Å². The van der Waals surface area contributed by atoms with Gasteiger partial charge in [-0.2, -0.15) is 22.5 Å². The second kappa shape index (κ2) is 5.38. The largest absolute Gasteiger partial charge is 0.283 e. The molecule has 1 unspecified atom stereocenters. The van der Waals surface area contributed by atoms with E-state index in [-0.39, 0.29) is 6.54 Å². The summed E-state index contributed by atoms with van der Waals surface area (Å²) in [6.07, 6.45) is 3.69. The molecule has 7 heteroatoms. The van der Waals surface area contributed by atoms with Gasteiger partial charge in [0.1, 0.15) is 0 Å². The van der Waals surface area contributed by atoms with Crippen LogP contribution in [0.1, 0.15) is 31.0 Å². The van der Waals surface area contributed by atoms with Crippen LogP contribution in [0, 0.1) is 12.8 Å². The number of H-pyrrole nitrogens is 1. The molecular weight excluding hydrogens is 252 g/mol. The van der Waals surface area contributed by atoms with E-state index in [2.05, 4.69) is 21.8 Å². The maximum absolute atomic E-state index is 12.1. The molecule has 1 aliphatic rings. The molecule has 0 aliphatic carbocycles. The molecule has 0 radical (unpaired) electrons. The Labute approximate surface area is 108 Å². The molecule has 0 amide bonds. The van der Waals surface area contributed by atoms with E-state index in [4.69, 9.17) is 0 Å². The molecule has 2 heterocycles. The topological polar surface area (TPSA) is 78.1 Å². The lowest BCUT2D eigenvalue weighted by atomic mass is 10.0. The van der Waals surface area contributed by atoms with Crippen LogP contribution in [0.15, 0.2) is 6.20 Å². The van der Waals surface area contributed by atoms with Crippen LogP contribution in [-0.4, -0.2) is 36.0 Å². The summed E-state index contributed by atoms with van der Waals surface area (Å²) in [6, 6.07) is 0. The minimum atomic E-state index is -3.37. The van der Waals surface area contributed by atoms with Crippen molar-refractivity contribution < 1.29 is 8.42 Å². The number of piperidine rings is 1. The Hall–Kier alpha value is -0.920. The van der Waals surface area contributed by atoms with Gasteiger partial charge in [-0.05, 0) is 25.7 Å². The van der Waals surface area contributed by atoms with Crippen LogP contribution in [0.5, 0.6) is 0 Å². The van der Waals surface area contributed by atoms with Crippen LogP contribution < -0.4 is 4.72 Å². The Bertz CT molecular complexity index is 497. The predicted octanol–water partition coefficient (Wildman–Crippen LogP) is 0.784. The number of hydrogen-bond acceptors (Lipinski definition) is 3. The van der Waals surface area contributed by atoms with Gasteiger partial charge in [0.25, 0.3) is 10.2 Å². The molecule has 6 nitrogen and oxygen atoms in total. The first kappa shape index (κ1) is 13.5. The number of nitrogens with zero attached hydrogens (tertiary/aromatic N) is 2. The normalized spacial score (nSPS) is 22.2. The van der Waals surface area contributed by atoms with Crippen LogP contribution in [-0.2, 0) is 16.8 Å². The third-order valence-corrected chi connectivity index (χ3v) is 4.86. The highest BCUT2D eigenvalue weighted by molar-refractivity contribution is 7.87. The number of rotatable bonds is 4. The summed E-state index contributed by atoms with van der Waals surface area (Å²) in [5.74, 6) is 0.436. The SMILES string of the molecule is Cc1[nH]ncc1CNS(=O)(=O)N1CCCC(C)C1. The molecule has 0 bridgehead atoms. The summed E-state index contributed by atoms with van der Waals surface area (Å²) >= 11 is 0. The third-order valence-electron chi connectivity index (χ3n) is 3.34. The first-order chi connectivity index (χ1) is 8.49. The van der Waals surface area contributed by atoms with Crippen LogP contribution >= 0.6 is 0 Å². The number of hydrogen-bond donors (Lipinski definition) is 2. The summed E-state index contributed by atoms with van der Waals surface area (Å²) in [5.41, 5.74) is 1.77. The Morgan fingerprint density at radius 2 is 2.39 bits per heavy atom. The Morgan fingerprint density at radius 3 is 3.00 bits per heavy atom. The van der Waals surface area contributed by atoms with E-state index in [9.17, 15) is 8.42 Å². The summed E-state index contributed by atoms with van der Waals surface area (Å²) < 4.78 is 28.4. The zero-order valence-corrected chi connectivity index (χ0v) is 11.6. The number of aryl methyl sites for hydroxylation is 1. The van der Waals surface area contributed by atoms with E-state index in [1.165, 1.54) is 4.31 Å². The average molecular weight is 272 g/mol. The van der Waals surface area contributed by atoms with Crippen molar-refractivity contribution in [3.8, 4) is 0 Å². The fourth-order valence-corrected chi connectivity index (χ4v) is 3.52. The van der Waals surface area contributed by atoms with Gasteiger partial charge in [0.15, 0.2) is 0 Å². The standard InChI is InChI=1S/C11H20N4O2S/c1-9-4-3-5-15(8-9)18(16,17)13-7-11-6-12-14-10(11)2/h6,9,13H,3-5,7-8H2,1-2H3,(H,12,14). The van der Waals surface area contributed by atoms with Crippen LogP contribution in [0.3, 0.4) is 0 Å². The van der Waals surface area contributed by atoms with Crippen molar-refractivity contribution in [3.05, 3.63) is 17.5 Å². The number of nitrogens with one attached hydrogen (secondary N) is 2. The van der Waals surface area contributed by atoms with Gasteiger partial charge in [-0.3, -0.25) is 5.10 Å². The summed E-state index contributed by atoms with van der Waals surface area (Å²) in [6.45, 7) is 5.47. The van der Waals surface area contributed by atoms with Gasteiger partial charge in [0, 0.05) is 30.9 Å². The molecule has 2 N–H and O–H groups in total. The van der Waals surface area contributed by atoms with Gasteiger partial charge in [-0.1, -0.05) is 6.92 Å². The van der Waals surface area contributed by atoms with E-state index in [0.29, 0.717) is 19.0 Å². The fourth-order valence-electron chi connectivity index (χ4n) is 2.18. The first-order valence-corrected chi connectivity index (χ1v) is 7.66. The predicted molar refractivity (Wildman–Crippen MR) is 69.1 cm³/mol. The molecule has 1 aromatic rings. The third kappa shape index (κ3) is 3.09. The van der Waals surface area contributed by atoms with E-state index in [0.717, 1.165) is 24.1 Å². The Balaban J connectivity index is 1.97. The number of aromatic amines is 1. The quantitative estimate of drug-likeness (QED) is 0.850. The lowest BCUT2D eigenvalue weighted by Gasteiger charge is -2.29. The van der Waals surface area contributed by atoms with Crippen LogP contribution in [0.2, 0.25) is 0 Å². The highest BCUT2D eigenvalue weighted by Crippen LogP contribution is 2.17. The van der Waals surface area contributed by atoms with Gasteiger partial charge >= 0.3 is 0 Å². The molecule has 1 aromatic heterocycles. The van der Waals surface area contributed by atoms with Crippen LogP contribution in [0.4, 0.5) is 0 Å². The number of aromatic nitrogens is 2. The zero-order chi connectivity index (χ0) is 13.2. The van der Waals surface area contributed by atoms with Crippen molar-refractivity contribution in [2.75, 3.05) is 13.1 Å². The first-order valence-electron chi connectivity index (χ1n) is 6.22. The molecule has 18 heavy (non-hydrogen) atoms. The average Bonchev–Trinajstić information content (AvgIpc) is 2.72. The minimum Gasteiger partial charge on any atom is -0.283 e. The fraction of sp³-hybridized carbons (Fsp3) is 0.727. The summed E-state index contributed by atoms with van der Waals surface area (Å²) in [7, 11) is -3.37. The Morgan fingerprint density at radius 1 is 1.61 bits per heavy atom. The summed E-state index contributed by atoms with van der Waals surface area (Å²) in [4.78, 5) is 0. The molecule has 0 aromatic carbocycles. The van der Waals surface area contributed by atoms with Crippen LogP contribution in [0.25, 0.3) is 0 Å². The molecule has 1 atom stereocenters. The van der Waals surface area contributed by atoms with E-state index >= 15 is 0 Å². The monoisotopic (exact) mass is 272 g/mol. The molecule has 0 spiro atoms. The van der Waals surface area contributed by atoms with Crippen molar-refractivity contribution in [3.63, 3.8) is 0 Å². The maximum atomic E-state index is 12.1. The molecule has 1 saturated heterocycles. The molecule has 2 rings (SSSR count). The highest BCUT2D eigenvalue weighted by Gasteiger charge is 2.26. The van der Waals surface area contributed by atoms with Gasteiger partial charge < -0.3 is 0 Å². The lowest BCUT2D eigenvalue weighted by Crippen LogP contribution is -2.45. The van der Waals surface area contributed by atoms with Crippen molar-refractivity contribution in [2.24, 2.45) is 5.92 Å². The zero-order valence-electron chi connectivity index (χ0n) is 10.8. The van der Waals surface area contributed by atoms with Crippen molar-refractivity contribution in [1.29, 1.82) is 0 Å².